The van der Waals surface area contributed by atoms with Crippen LogP contribution >= 0.6 is 0 Å². The van der Waals surface area contributed by atoms with Crippen LogP contribution in [0, 0.1) is 11.8 Å². The molecule has 3 rings (SSSR count). The number of amides is 2. The van der Waals surface area contributed by atoms with Gasteiger partial charge in [0.2, 0.25) is 5.91 Å². The van der Waals surface area contributed by atoms with Crippen molar-refractivity contribution >= 4 is 17.5 Å². The van der Waals surface area contributed by atoms with E-state index in [1.165, 1.54) is 5.56 Å². The van der Waals surface area contributed by atoms with Gasteiger partial charge in [0.25, 0.3) is 5.91 Å². The van der Waals surface area contributed by atoms with E-state index in [-0.39, 0.29) is 29.1 Å². The molecule has 2 amide bonds. The second-order valence-electron chi connectivity index (χ2n) is 8.39. The Morgan fingerprint density at radius 3 is 2.37 bits per heavy atom. The van der Waals surface area contributed by atoms with E-state index < -0.39 is 0 Å². The summed E-state index contributed by atoms with van der Waals surface area (Å²) in [5.41, 5.74) is 4.18. The average Bonchev–Trinajstić information content (AvgIpc) is 2.60. The van der Waals surface area contributed by atoms with Crippen molar-refractivity contribution in [3.8, 4) is 0 Å². The third kappa shape index (κ3) is 4.16. The van der Waals surface area contributed by atoms with Crippen molar-refractivity contribution in [3.63, 3.8) is 0 Å². The Morgan fingerprint density at radius 2 is 1.78 bits per heavy atom. The van der Waals surface area contributed by atoms with Crippen LogP contribution in [0.1, 0.15) is 50.5 Å². The Hall–Kier alpha value is -2.75. The third-order valence-corrected chi connectivity index (χ3v) is 4.92. The minimum Gasteiger partial charge on any atom is -0.325 e. The molecule has 1 heterocycles. The molecule has 4 nitrogen and oxygen atoms in total. The van der Waals surface area contributed by atoms with Gasteiger partial charge in [-0.05, 0) is 46.8 Å². The van der Waals surface area contributed by atoms with Gasteiger partial charge in [-0.15, -0.1) is 0 Å². The van der Waals surface area contributed by atoms with Crippen molar-refractivity contribution in [1.29, 1.82) is 0 Å². The number of nitrogens with one attached hydrogen (secondary N) is 1. The van der Waals surface area contributed by atoms with Gasteiger partial charge in [0.05, 0.1) is 5.71 Å². The Balaban J connectivity index is 1.83. The number of benzene rings is 1. The lowest BCUT2D eigenvalue weighted by Crippen LogP contribution is -2.34. The first-order chi connectivity index (χ1) is 12.6. The van der Waals surface area contributed by atoms with E-state index in [9.17, 15) is 9.59 Å². The molecule has 1 atom stereocenters. The second kappa shape index (κ2) is 7.10. The van der Waals surface area contributed by atoms with Gasteiger partial charge in [-0.25, -0.2) is 4.99 Å². The maximum Gasteiger partial charge on any atom is 0.277 e. The lowest BCUT2D eigenvalue weighted by Gasteiger charge is -2.29. The number of nitrogens with zero attached hydrogens (tertiary/aromatic N) is 1. The molecule has 0 spiro atoms. The van der Waals surface area contributed by atoms with Crippen LogP contribution in [0.2, 0.25) is 0 Å². The average molecular weight is 362 g/mol. The largest absolute Gasteiger partial charge is 0.325 e. The van der Waals surface area contributed by atoms with Crippen LogP contribution in [0.25, 0.3) is 0 Å². The van der Waals surface area contributed by atoms with E-state index in [0.717, 1.165) is 11.3 Å². The topological polar surface area (TPSA) is 58.5 Å². The number of rotatable bonds is 2. The highest BCUT2D eigenvalue weighted by Crippen LogP contribution is 2.31. The number of hydrogen-bond donors (Lipinski definition) is 1. The first-order valence-corrected chi connectivity index (χ1v) is 9.31. The molecule has 0 saturated carbocycles. The van der Waals surface area contributed by atoms with Crippen molar-refractivity contribution in [1.82, 2.24) is 5.32 Å². The first-order valence-electron chi connectivity index (χ1n) is 9.31. The number of carbonyl (C=O) groups is 2. The van der Waals surface area contributed by atoms with Gasteiger partial charge in [-0.3, -0.25) is 9.59 Å². The molecule has 4 heteroatoms. The van der Waals surface area contributed by atoms with Gasteiger partial charge in [0, 0.05) is 23.3 Å². The normalized spacial score (nSPS) is 20.9. The molecule has 1 unspecified atom stereocenters. The molecule has 27 heavy (non-hydrogen) atoms. The summed E-state index contributed by atoms with van der Waals surface area (Å²) in [6.45, 7) is 10.6. The van der Waals surface area contributed by atoms with Crippen LogP contribution < -0.4 is 5.32 Å². The standard InChI is InChI=1S/C23H26N2O2/c1-14(2)19-13-21(26)25-20-12-17(10-11-18(19)20)24-22(27)15-6-8-16(9-7-15)23(3,4)5/h6-14,18H,1-5H3,(H,25,26). The molecule has 0 fully saturated rings. The molecule has 1 aliphatic carbocycles. The van der Waals surface area contributed by atoms with Gasteiger partial charge in [-0.1, -0.05) is 52.8 Å². The van der Waals surface area contributed by atoms with Gasteiger partial charge < -0.3 is 5.32 Å². The second-order valence-corrected chi connectivity index (χ2v) is 8.39. The Kier molecular flexibility index (Phi) is 5.01. The van der Waals surface area contributed by atoms with E-state index in [0.29, 0.717) is 11.3 Å². The molecule has 1 N–H and O–H groups in total. The van der Waals surface area contributed by atoms with E-state index in [4.69, 9.17) is 0 Å². The maximum atomic E-state index is 12.5. The molecule has 0 saturated heterocycles. The molecule has 0 bridgehead atoms. The van der Waals surface area contributed by atoms with Gasteiger partial charge in [-0.2, -0.15) is 0 Å². The van der Waals surface area contributed by atoms with Crippen molar-refractivity contribution < 1.29 is 9.59 Å². The summed E-state index contributed by atoms with van der Waals surface area (Å²) < 4.78 is 0. The maximum absolute atomic E-state index is 12.5. The van der Waals surface area contributed by atoms with Crippen LogP contribution in [-0.2, 0) is 10.2 Å². The zero-order chi connectivity index (χ0) is 19.8. The van der Waals surface area contributed by atoms with Crippen molar-refractivity contribution in [2.75, 3.05) is 0 Å². The number of hydrogen-bond acceptors (Lipinski definition) is 2. The van der Waals surface area contributed by atoms with Gasteiger partial charge in [0.15, 0.2) is 0 Å². The highest BCUT2D eigenvalue weighted by molar-refractivity contribution is 6.14. The van der Waals surface area contributed by atoms with Crippen molar-refractivity contribution in [2.24, 2.45) is 16.8 Å². The monoisotopic (exact) mass is 362 g/mol. The summed E-state index contributed by atoms with van der Waals surface area (Å²) in [5.74, 6) is -0.0921. The number of allylic oxidation sites excluding steroid dienone is 3. The minimum absolute atomic E-state index is 0.0415. The van der Waals surface area contributed by atoms with Crippen LogP contribution in [0.4, 0.5) is 0 Å². The SMILES string of the molecule is CC(C)C1=CC(=O)NC2=CC(=NC(=O)c3ccc(C(C)(C)C)cc3)C=CC21. The summed E-state index contributed by atoms with van der Waals surface area (Å²) >= 11 is 0. The van der Waals surface area contributed by atoms with Crippen molar-refractivity contribution in [2.45, 2.75) is 40.0 Å². The van der Waals surface area contributed by atoms with Crippen LogP contribution in [-0.4, -0.2) is 17.5 Å². The predicted octanol–water partition coefficient (Wildman–Crippen LogP) is 4.35. The fourth-order valence-electron chi connectivity index (χ4n) is 3.31. The summed E-state index contributed by atoms with van der Waals surface area (Å²) in [5, 5.41) is 2.87. The van der Waals surface area contributed by atoms with Gasteiger partial charge >= 0.3 is 0 Å². The fourth-order valence-corrected chi connectivity index (χ4v) is 3.31. The van der Waals surface area contributed by atoms with Gasteiger partial charge in [0.1, 0.15) is 0 Å². The molecular weight excluding hydrogens is 336 g/mol. The summed E-state index contributed by atoms with van der Waals surface area (Å²) in [4.78, 5) is 28.7. The van der Waals surface area contributed by atoms with E-state index >= 15 is 0 Å². The van der Waals surface area contributed by atoms with E-state index in [2.05, 4.69) is 44.9 Å². The fraction of sp³-hybridized carbons (Fsp3) is 0.348. The molecule has 2 aliphatic rings. The van der Waals surface area contributed by atoms with E-state index in [1.807, 2.05) is 36.4 Å². The first kappa shape index (κ1) is 19.0. The lowest BCUT2D eigenvalue weighted by molar-refractivity contribution is -0.116. The molecule has 0 radical (unpaired) electrons. The smallest absolute Gasteiger partial charge is 0.277 e. The lowest BCUT2D eigenvalue weighted by atomic mass is 9.82. The summed E-state index contributed by atoms with van der Waals surface area (Å²) in [6, 6.07) is 7.58. The number of carbonyl (C=O) groups excluding carboxylic acids is 2. The molecule has 1 aromatic carbocycles. The Labute approximate surface area is 160 Å². The molecular formula is C23H26N2O2. The van der Waals surface area contributed by atoms with Crippen LogP contribution in [0.15, 0.2) is 64.8 Å². The van der Waals surface area contributed by atoms with Crippen LogP contribution in [0.5, 0.6) is 0 Å². The molecule has 140 valence electrons. The molecule has 1 aromatic rings. The zero-order valence-electron chi connectivity index (χ0n) is 16.5. The highest BCUT2D eigenvalue weighted by Gasteiger charge is 2.28. The Morgan fingerprint density at radius 1 is 1.11 bits per heavy atom. The van der Waals surface area contributed by atoms with E-state index in [1.54, 1.807) is 12.2 Å². The zero-order valence-corrected chi connectivity index (χ0v) is 16.5. The highest BCUT2D eigenvalue weighted by atomic mass is 16.2. The number of aliphatic imine (C=N–C) groups is 1. The quantitative estimate of drug-likeness (QED) is 0.850. The van der Waals surface area contributed by atoms with Crippen molar-refractivity contribution in [3.05, 3.63) is 71.0 Å². The summed E-state index contributed by atoms with van der Waals surface area (Å²) in [6.07, 6.45) is 7.30. The predicted molar refractivity (Wildman–Crippen MR) is 109 cm³/mol. The number of fused-ring (bicyclic) bond motifs is 1. The molecule has 1 aliphatic heterocycles. The summed E-state index contributed by atoms with van der Waals surface area (Å²) in [7, 11) is 0. The third-order valence-electron chi connectivity index (χ3n) is 4.92. The Bertz CT molecular complexity index is 891. The molecule has 0 aromatic heterocycles. The van der Waals surface area contributed by atoms with Crippen LogP contribution in [0.3, 0.4) is 0 Å². The minimum atomic E-state index is -0.285.